The van der Waals surface area contributed by atoms with Gasteiger partial charge in [0.2, 0.25) is 23.0 Å². The summed E-state index contributed by atoms with van der Waals surface area (Å²) < 4.78 is 4.73. The first-order valence-electron chi connectivity index (χ1n) is 4.19. The van der Waals surface area contributed by atoms with Crippen molar-refractivity contribution in [2.75, 3.05) is 20.6 Å². The number of hydrogen-bond donors (Lipinski definition) is 0. The monoisotopic (exact) mass is 284 g/mol. The summed E-state index contributed by atoms with van der Waals surface area (Å²) in [6.45, 7) is 3.19. The summed E-state index contributed by atoms with van der Waals surface area (Å²) in [5.74, 6) is 0. The second kappa shape index (κ2) is 7.79. The summed E-state index contributed by atoms with van der Waals surface area (Å²) in [4.78, 5) is 2.15. The zero-order chi connectivity index (χ0) is 9.40. The zero-order valence-electron chi connectivity index (χ0n) is 8.01. The summed E-state index contributed by atoms with van der Waals surface area (Å²) in [5.41, 5.74) is 1.15. The Bertz CT molecular complexity index is 137. The maximum atomic E-state index is 4.73. The van der Waals surface area contributed by atoms with E-state index < -0.39 is 0 Å². The molecule has 0 saturated carbocycles. The molecule has 0 spiro atoms. The molecule has 72 valence electrons. The van der Waals surface area contributed by atoms with Crippen LogP contribution >= 0.6 is 23.0 Å². The van der Waals surface area contributed by atoms with Gasteiger partial charge in [0.05, 0.1) is 5.71 Å². The third kappa shape index (κ3) is 6.84. The second-order valence-corrected chi connectivity index (χ2v) is 3.42. The van der Waals surface area contributed by atoms with E-state index in [-0.39, 0.29) is 0 Å². The fourth-order valence-electron chi connectivity index (χ4n) is 0.906. The first-order chi connectivity index (χ1) is 5.70. The molecule has 0 aromatic carbocycles. The van der Waals surface area contributed by atoms with Gasteiger partial charge in [0.1, 0.15) is 0 Å². The van der Waals surface area contributed by atoms with Crippen LogP contribution in [-0.4, -0.2) is 31.3 Å². The van der Waals surface area contributed by atoms with E-state index >= 15 is 0 Å². The number of oxime groups is 1. The van der Waals surface area contributed by atoms with Crippen LogP contribution in [0.5, 0.6) is 0 Å². The quantitative estimate of drug-likeness (QED) is 0.425. The molecule has 0 unspecified atom stereocenters. The van der Waals surface area contributed by atoms with Crippen LogP contribution in [0, 0.1) is 0 Å². The van der Waals surface area contributed by atoms with E-state index in [4.69, 9.17) is 3.17 Å². The lowest BCUT2D eigenvalue weighted by Gasteiger charge is -2.09. The average Bonchev–Trinajstić information content (AvgIpc) is 2.01. The second-order valence-electron chi connectivity index (χ2n) is 3.03. The van der Waals surface area contributed by atoms with E-state index in [0.717, 1.165) is 31.5 Å². The molecule has 0 heterocycles. The predicted octanol–water partition coefficient (Wildman–Crippen LogP) is 2.46. The van der Waals surface area contributed by atoms with Crippen LogP contribution in [0.4, 0.5) is 0 Å². The molecular formula is C8H17IN2O. The number of hydrogen-bond acceptors (Lipinski definition) is 3. The highest BCUT2D eigenvalue weighted by Gasteiger charge is 2.00. The summed E-state index contributed by atoms with van der Waals surface area (Å²) >= 11 is 1.80. The van der Waals surface area contributed by atoms with Crippen molar-refractivity contribution in [3.05, 3.63) is 0 Å². The number of rotatable bonds is 6. The van der Waals surface area contributed by atoms with Gasteiger partial charge in [-0.25, -0.2) is 0 Å². The molecule has 12 heavy (non-hydrogen) atoms. The van der Waals surface area contributed by atoms with E-state index in [1.54, 1.807) is 23.0 Å². The average molecular weight is 284 g/mol. The Labute approximate surface area is 88.8 Å². The fraction of sp³-hybridized carbons (Fsp3) is 0.875. The topological polar surface area (TPSA) is 24.8 Å². The van der Waals surface area contributed by atoms with Crippen molar-refractivity contribution in [2.24, 2.45) is 5.16 Å². The summed E-state index contributed by atoms with van der Waals surface area (Å²) in [5, 5.41) is 3.96. The van der Waals surface area contributed by atoms with Crippen molar-refractivity contribution >= 4 is 28.7 Å². The van der Waals surface area contributed by atoms with Crippen LogP contribution in [0.25, 0.3) is 0 Å². The molecule has 0 aliphatic carbocycles. The predicted molar refractivity (Wildman–Crippen MR) is 60.6 cm³/mol. The minimum atomic E-state index is 1.00. The summed E-state index contributed by atoms with van der Waals surface area (Å²) in [6.07, 6.45) is 3.17. The van der Waals surface area contributed by atoms with Crippen molar-refractivity contribution in [1.29, 1.82) is 0 Å². The molecule has 0 aromatic heterocycles. The Hall–Kier alpha value is 0.160. The molecule has 3 nitrogen and oxygen atoms in total. The van der Waals surface area contributed by atoms with E-state index in [2.05, 4.69) is 31.1 Å². The Kier molecular flexibility index (Phi) is 7.89. The van der Waals surface area contributed by atoms with E-state index in [0.29, 0.717) is 0 Å². The Balaban J connectivity index is 3.71. The van der Waals surface area contributed by atoms with Gasteiger partial charge in [-0.05, 0) is 20.5 Å². The van der Waals surface area contributed by atoms with Crippen LogP contribution in [0.15, 0.2) is 5.16 Å². The first kappa shape index (κ1) is 12.2. The SMILES string of the molecule is CCC/C(CCN(C)C)=N/OI. The van der Waals surface area contributed by atoms with Gasteiger partial charge in [-0.1, -0.05) is 18.5 Å². The molecule has 0 aliphatic heterocycles. The Morgan fingerprint density at radius 1 is 1.42 bits per heavy atom. The summed E-state index contributed by atoms with van der Waals surface area (Å²) in [6, 6.07) is 0. The van der Waals surface area contributed by atoms with E-state index in [1.807, 2.05) is 0 Å². The minimum Gasteiger partial charge on any atom is -0.327 e. The largest absolute Gasteiger partial charge is 0.327 e. The smallest absolute Gasteiger partial charge is 0.230 e. The van der Waals surface area contributed by atoms with Gasteiger partial charge in [-0.2, -0.15) is 0 Å². The van der Waals surface area contributed by atoms with Crippen LogP contribution < -0.4 is 0 Å². The molecule has 0 N–H and O–H groups in total. The van der Waals surface area contributed by atoms with Crippen molar-refractivity contribution in [3.8, 4) is 0 Å². The standard InChI is InChI=1S/C8H17IN2O/c1-4-5-8(10-12-9)6-7-11(2)3/h4-7H2,1-3H3/b10-8-. The van der Waals surface area contributed by atoms with Gasteiger partial charge in [-0.15, -0.1) is 0 Å². The number of halogens is 1. The van der Waals surface area contributed by atoms with Crippen LogP contribution in [0.2, 0.25) is 0 Å². The lowest BCUT2D eigenvalue weighted by Crippen LogP contribution is -2.16. The third-order valence-corrected chi connectivity index (χ3v) is 1.75. The maximum Gasteiger partial charge on any atom is 0.230 e. The molecule has 0 radical (unpaired) electrons. The third-order valence-electron chi connectivity index (χ3n) is 1.55. The molecule has 0 atom stereocenters. The van der Waals surface area contributed by atoms with Crippen molar-refractivity contribution in [3.63, 3.8) is 0 Å². The molecule has 0 saturated heterocycles. The highest BCUT2D eigenvalue weighted by atomic mass is 127. The molecule has 0 fully saturated rings. The fourth-order valence-corrected chi connectivity index (χ4v) is 1.18. The molecule has 0 amide bonds. The van der Waals surface area contributed by atoms with Crippen LogP contribution in [0.3, 0.4) is 0 Å². The Morgan fingerprint density at radius 2 is 2.08 bits per heavy atom. The Morgan fingerprint density at radius 3 is 2.50 bits per heavy atom. The minimum absolute atomic E-state index is 1.00. The van der Waals surface area contributed by atoms with Crippen LogP contribution in [0.1, 0.15) is 26.2 Å². The normalized spacial score (nSPS) is 12.2. The highest BCUT2D eigenvalue weighted by Crippen LogP contribution is 2.01. The molecule has 0 aliphatic rings. The lowest BCUT2D eigenvalue weighted by molar-refractivity contribution is 0.413. The highest BCUT2D eigenvalue weighted by molar-refractivity contribution is 14.1. The first-order valence-corrected chi connectivity index (χ1v) is 5.07. The molecular weight excluding hydrogens is 267 g/mol. The van der Waals surface area contributed by atoms with E-state index in [1.165, 1.54) is 0 Å². The molecule has 0 bridgehead atoms. The zero-order valence-corrected chi connectivity index (χ0v) is 10.2. The van der Waals surface area contributed by atoms with Crippen molar-refractivity contribution < 1.29 is 3.17 Å². The number of nitrogens with zero attached hydrogens (tertiary/aromatic N) is 2. The molecule has 4 heteroatoms. The van der Waals surface area contributed by atoms with E-state index in [9.17, 15) is 0 Å². The van der Waals surface area contributed by atoms with Gasteiger partial charge >= 0.3 is 0 Å². The lowest BCUT2D eigenvalue weighted by atomic mass is 10.1. The van der Waals surface area contributed by atoms with Crippen molar-refractivity contribution in [1.82, 2.24) is 4.90 Å². The van der Waals surface area contributed by atoms with Gasteiger partial charge in [0.15, 0.2) is 0 Å². The van der Waals surface area contributed by atoms with Crippen LogP contribution in [-0.2, 0) is 3.17 Å². The maximum absolute atomic E-state index is 4.73. The van der Waals surface area contributed by atoms with Crippen molar-refractivity contribution in [2.45, 2.75) is 26.2 Å². The molecule has 0 rings (SSSR count). The van der Waals surface area contributed by atoms with Gasteiger partial charge < -0.3 is 8.07 Å². The van der Waals surface area contributed by atoms with Gasteiger partial charge in [-0.3, -0.25) is 0 Å². The van der Waals surface area contributed by atoms with Gasteiger partial charge in [0, 0.05) is 13.0 Å². The van der Waals surface area contributed by atoms with Gasteiger partial charge in [0.25, 0.3) is 0 Å². The summed E-state index contributed by atoms with van der Waals surface area (Å²) in [7, 11) is 4.13. The molecule has 0 aromatic rings.